The molecule has 0 aromatic rings. The number of nitrogens with zero attached hydrogens (tertiary/aromatic N) is 2. The highest BCUT2D eigenvalue weighted by Crippen LogP contribution is 2.25. The van der Waals surface area contributed by atoms with Crippen LogP contribution in [0.1, 0.15) is 39.0 Å². The van der Waals surface area contributed by atoms with Gasteiger partial charge in [0.05, 0.1) is 6.04 Å². The van der Waals surface area contributed by atoms with Gasteiger partial charge in [-0.15, -0.1) is 0 Å². The molecule has 0 bridgehead atoms. The van der Waals surface area contributed by atoms with Crippen LogP contribution in [0.5, 0.6) is 0 Å². The first-order chi connectivity index (χ1) is 13.3. The highest BCUT2D eigenvalue weighted by Gasteiger charge is 2.43. The van der Waals surface area contributed by atoms with Crippen molar-refractivity contribution in [1.29, 1.82) is 0 Å². The highest BCUT2D eigenvalue weighted by atomic mass is 32.2. The van der Waals surface area contributed by atoms with Gasteiger partial charge in [-0.05, 0) is 51.0 Å². The van der Waals surface area contributed by atoms with Crippen molar-refractivity contribution >= 4 is 35.5 Å². The van der Waals surface area contributed by atoms with Gasteiger partial charge in [-0.3, -0.25) is 14.4 Å². The van der Waals surface area contributed by atoms with Crippen molar-refractivity contribution in [2.75, 3.05) is 25.1 Å². The van der Waals surface area contributed by atoms with Crippen LogP contribution in [0.25, 0.3) is 0 Å². The molecule has 2 aliphatic rings. The average molecular weight is 415 g/mol. The fourth-order valence-corrected chi connectivity index (χ4v) is 4.26. The lowest BCUT2D eigenvalue weighted by molar-refractivity contribution is -0.152. The lowest BCUT2D eigenvalue weighted by Gasteiger charge is -2.31. The molecule has 0 aromatic heterocycles. The third kappa shape index (κ3) is 5.16. The summed E-state index contributed by atoms with van der Waals surface area (Å²) in [5, 5.41) is 12.0. The SMILES string of the molecule is CSCCC(N)C(=O)NC(C)C(=O)N1CCCC1C(=O)N1CCCC1C(=O)O. The molecule has 2 fully saturated rings. The van der Waals surface area contributed by atoms with Gasteiger partial charge in [0.25, 0.3) is 0 Å². The zero-order valence-electron chi connectivity index (χ0n) is 16.4. The maximum Gasteiger partial charge on any atom is 0.326 e. The van der Waals surface area contributed by atoms with Crippen LogP contribution in [-0.2, 0) is 19.2 Å². The average Bonchev–Trinajstić information content (AvgIpc) is 3.33. The second kappa shape index (κ2) is 10.1. The molecule has 28 heavy (non-hydrogen) atoms. The molecule has 0 aliphatic carbocycles. The number of thioether (sulfide) groups is 1. The van der Waals surface area contributed by atoms with Crippen molar-refractivity contribution < 1.29 is 24.3 Å². The van der Waals surface area contributed by atoms with Gasteiger partial charge in [0.15, 0.2) is 0 Å². The van der Waals surface area contributed by atoms with E-state index in [-0.39, 0.29) is 17.7 Å². The number of carbonyl (C=O) groups excluding carboxylic acids is 3. The monoisotopic (exact) mass is 414 g/mol. The molecule has 9 nitrogen and oxygen atoms in total. The Morgan fingerprint density at radius 3 is 2.36 bits per heavy atom. The van der Waals surface area contributed by atoms with E-state index in [1.165, 1.54) is 9.80 Å². The number of amides is 3. The Balaban J connectivity index is 1.99. The number of hydrogen-bond acceptors (Lipinski definition) is 6. The van der Waals surface area contributed by atoms with Gasteiger partial charge in [-0.2, -0.15) is 11.8 Å². The van der Waals surface area contributed by atoms with Crippen molar-refractivity contribution in [2.45, 2.75) is 63.2 Å². The minimum atomic E-state index is -1.01. The summed E-state index contributed by atoms with van der Waals surface area (Å²) in [7, 11) is 0. The topological polar surface area (TPSA) is 133 Å². The maximum atomic E-state index is 12.9. The van der Waals surface area contributed by atoms with E-state index >= 15 is 0 Å². The molecule has 2 saturated heterocycles. The summed E-state index contributed by atoms with van der Waals surface area (Å²) in [6.07, 6.45) is 4.69. The second-order valence-electron chi connectivity index (χ2n) is 7.34. The summed E-state index contributed by atoms with van der Waals surface area (Å²) in [6, 6.07) is -2.97. The minimum absolute atomic E-state index is 0.314. The number of hydrogen-bond donors (Lipinski definition) is 3. The molecule has 4 unspecified atom stereocenters. The van der Waals surface area contributed by atoms with Crippen molar-refractivity contribution in [1.82, 2.24) is 15.1 Å². The third-order valence-electron chi connectivity index (χ3n) is 5.34. The van der Waals surface area contributed by atoms with Gasteiger partial charge in [0.2, 0.25) is 17.7 Å². The van der Waals surface area contributed by atoms with E-state index in [9.17, 15) is 24.3 Å². The number of carbonyl (C=O) groups is 4. The van der Waals surface area contributed by atoms with Crippen molar-refractivity contribution in [2.24, 2.45) is 5.73 Å². The Bertz CT molecular complexity index is 617. The molecule has 0 aromatic carbocycles. The molecule has 2 rings (SSSR count). The molecule has 158 valence electrons. The van der Waals surface area contributed by atoms with Crippen molar-refractivity contribution in [3.05, 3.63) is 0 Å². The van der Waals surface area contributed by atoms with Gasteiger partial charge >= 0.3 is 5.97 Å². The van der Waals surface area contributed by atoms with Gasteiger partial charge in [0.1, 0.15) is 18.1 Å². The molecule has 2 heterocycles. The number of rotatable bonds is 8. The van der Waals surface area contributed by atoms with Gasteiger partial charge in [-0.1, -0.05) is 0 Å². The summed E-state index contributed by atoms with van der Waals surface area (Å²) in [5.41, 5.74) is 5.84. The third-order valence-corrected chi connectivity index (χ3v) is 5.98. The number of nitrogens with one attached hydrogen (secondary N) is 1. The summed E-state index contributed by atoms with van der Waals surface area (Å²) in [6.45, 7) is 2.39. The first kappa shape index (κ1) is 22.5. The van der Waals surface area contributed by atoms with Crippen LogP contribution in [-0.4, -0.2) is 87.9 Å². The normalized spacial score (nSPS) is 24.1. The van der Waals surface area contributed by atoms with E-state index < -0.39 is 30.1 Å². The van der Waals surface area contributed by atoms with E-state index in [1.807, 2.05) is 6.26 Å². The van der Waals surface area contributed by atoms with Crippen LogP contribution < -0.4 is 11.1 Å². The zero-order valence-corrected chi connectivity index (χ0v) is 17.2. The fraction of sp³-hybridized carbons (Fsp3) is 0.778. The summed E-state index contributed by atoms with van der Waals surface area (Å²) in [4.78, 5) is 52.1. The van der Waals surface area contributed by atoms with Gasteiger partial charge in [0, 0.05) is 13.1 Å². The molecule has 0 radical (unpaired) electrons. The van der Waals surface area contributed by atoms with E-state index in [4.69, 9.17) is 5.73 Å². The van der Waals surface area contributed by atoms with E-state index in [2.05, 4.69) is 5.32 Å². The molecule has 4 N–H and O–H groups in total. The predicted octanol–water partition coefficient (Wildman–Crippen LogP) is -0.362. The second-order valence-corrected chi connectivity index (χ2v) is 8.32. The van der Waals surface area contributed by atoms with E-state index in [0.29, 0.717) is 45.2 Å². The smallest absolute Gasteiger partial charge is 0.326 e. The Morgan fingerprint density at radius 1 is 1.14 bits per heavy atom. The quantitative estimate of drug-likeness (QED) is 0.494. The van der Waals surface area contributed by atoms with Crippen LogP contribution in [0.15, 0.2) is 0 Å². The highest BCUT2D eigenvalue weighted by molar-refractivity contribution is 7.98. The summed E-state index contributed by atoms with van der Waals surface area (Å²) < 4.78 is 0. The van der Waals surface area contributed by atoms with Crippen molar-refractivity contribution in [3.8, 4) is 0 Å². The number of carboxylic acids is 1. The fourth-order valence-electron chi connectivity index (χ4n) is 3.77. The molecule has 4 atom stereocenters. The van der Waals surface area contributed by atoms with Crippen LogP contribution in [0.3, 0.4) is 0 Å². The molecule has 0 spiro atoms. The predicted molar refractivity (Wildman–Crippen MR) is 106 cm³/mol. The maximum absolute atomic E-state index is 12.9. The number of nitrogens with two attached hydrogens (primary N) is 1. The molecule has 2 aliphatic heterocycles. The lowest BCUT2D eigenvalue weighted by Crippen LogP contribution is -2.56. The molecule has 3 amide bonds. The molecular weight excluding hydrogens is 384 g/mol. The van der Waals surface area contributed by atoms with Gasteiger partial charge < -0.3 is 26.0 Å². The summed E-state index contributed by atoms with van der Waals surface area (Å²) >= 11 is 1.59. The Labute approximate surface area is 169 Å². The van der Waals surface area contributed by atoms with E-state index in [1.54, 1.807) is 18.7 Å². The Morgan fingerprint density at radius 2 is 1.75 bits per heavy atom. The molecular formula is C18H30N4O5S. The lowest BCUT2D eigenvalue weighted by atomic mass is 10.1. The Kier molecular flexibility index (Phi) is 8.11. The van der Waals surface area contributed by atoms with Crippen molar-refractivity contribution in [3.63, 3.8) is 0 Å². The molecule has 0 saturated carbocycles. The minimum Gasteiger partial charge on any atom is -0.480 e. The van der Waals surface area contributed by atoms with Crippen LogP contribution in [0.4, 0.5) is 0 Å². The van der Waals surface area contributed by atoms with Crippen LogP contribution in [0, 0.1) is 0 Å². The number of carboxylic acid groups (broad SMARTS) is 1. The molecule has 10 heteroatoms. The Hall–Kier alpha value is -1.81. The first-order valence-electron chi connectivity index (χ1n) is 9.66. The standard InChI is InChI=1S/C18H30N4O5S/c1-11(20-15(23)12(19)7-10-28-2)16(24)21-8-3-5-13(21)17(25)22-9-4-6-14(22)18(26)27/h11-14H,3-10,19H2,1-2H3,(H,20,23)(H,26,27). The first-order valence-corrected chi connectivity index (χ1v) is 11.1. The largest absolute Gasteiger partial charge is 0.480 e. The zero-order chi connectivity index (χ0) is 20.8. The van der Waals surface area contributed by atoms with Gasteiger partial charge in [-0.25, -0.2) is 4.79 Å². The number of aliphatic carboxylic acids is 1. The van der Waals surface area contributed by atoms with Crippen LogP contribution in [0.2, 0.25) is 0 Å². The summed E-state index contributed by atoms with van der Waals surface area (Å²) in [5.74, 6) is -1.30. The number of likely N-dealkylation sites (tertiary alicyclic amines) is 2. The van der Waals surface area contributed by atoms with E-state index in [0.717, 1.165) is 5.75 Å². The van der Waals surface area contributed by atoms with Crippen LogP contribution >= 0.6 is 11.8 Å².